The standard InChI is InChI=1S/C28H23N5O.C2H6/c1-19-2-11-26-25(18-19)27(14-17-30-26)32-22-5-3-20(4-6-22)28(34)33-23-9-7-21(8-10-23)31-24-12-15-29-16-13-24;1-2/h2-18H,1H3,(H,29,31)(H,30,32)(H,33,34);1-2H3. The molecule has 2 heterocycles. The molecule has 3 aromatic carbocycles. The number of nitrogens with one attached hydrogen (secondary N) is 3. The van der Waals surface area contributed by atoms with Crippen molar-refractivity contribution < 1.29 is 4.79 Å². The van der Waals surface area contributed by atoms with Crippen LogP contribution in [0.1, 0.15) is 29.8 Å². The highest BCUT2D eigenvalue weighted by molar-refractivity contribution is 6.04. The Balaban J connectivity index is 0.00000148. The van der Waals surface area contributed by atoms with Gasteiger partial charge < -0.3 is 16.0 Å². The van der Waals surface area contributed by atoms with E-state index in [1.165, 1.54) is 5.56 Å². The highest BCUT2D eigenvalue weighted by atomic mass is 16.1. The second kappa shape index (κ2) is 11.6. The van der Waals surface area contributed by atoms with Crippen molar-refractivity contribution in [3.05, 3.63) is 115 Å². The number of aromatic nitrogens is 2. The van der Waals surface area contributed by atoms with Crippen molar-refractivity contribution in [3.63, 3.8) is 0 Å². The molecule has 0 bridgehead atoms. The second-order valence-electron chi connectivity index (χ2n) is 7.97. The maximum atomic E-state index is 12.7. The molecule has 1 amide bonds. The van der Waals surface area contributed by atoms with Gasteiger partial charge in [0.05, 0.1) is 5.52 Å². The molecule has 0 radical (unpaired) electrons. The Labute approximate surface area is 211 Å². The quantitative estimate of drug-likeness (QED) is 0.234. The maximum Gasteiger partial charge on any atom is 0.255 e. The topological polar surface area (TPSA) is 78.9 Å². The van der Waals surface area contributed by atoms with Crippen molar-refractivity contribution >= 4 is 45.2 Å². The zero-order chi connectivity index (χ0) is 25.3. The average molecular weight is 476 g/mol. The van der Waals surface area contributed by atoms with E-state index in [4.69, 9.17) is 0 Å². The van der Waals surface area contributed by atoms with E-state index < -0.39 is 0 Å². The molecule has 5 aromatic rings. The molecule has 0 aliphatic rings. The average Bonchev–Trinajstić information content (AvgIpc) is 2.92. The molecule has 0 saturated heterocycles. The van der Waals surface area contributed by atoms with E-state index in [0.717, 1.165) is 39.3 Å². The van der Waals surface area contributed by atoms with Gasteiger partial charge in [-0.05, 0) is 85.8 Å². The van der Waals surface area contributed by atoms with E-state index in [2.05, 4.69) is 45.0 Å². The Hall–Kier alpha value is -4.71. The minimum absolute atomic E-state index is 0.161. The summed E-state index contributed by atoms with van der Waals surface area (Å²) in [5.74, 6) is -0.161. The van der Waals surface area contributed by atoms with Gasteiger partial charge in [-0.25, -0.2) is 0 Å². The summed E-state index contributed by atoms with van der Waals surface area (Å²) in [7, 11) is 0. The Morgan fingerprint density at radius 2 is 1.28 bits per heavy atom. The van der Waals surface area contributed by atoms with Gasteiger partial charge in [0, 0.05) is 58.0 Å². The van der Waals surface area contributed by atoms with Crippen LogP contribution in [0, 0.1) is 6.92 Å². The van der Waals surface area contributed by atoms with Gasteiger partial charge in [-0.15, -0.1) is 0 Å². The van der Waals surface area contributed by atoms with Gasteiger partial charge in [0.2, 0.25) is 0 Å². The molecule has 6 heteroatoms. The summed E-state index contributed by atoms with van der Waals surface area (Å²) in [4.78, 5) is 21.1. The number of carbonyl (C=O) groups excluding carboxylic acids is 1. The minimum Gasteiger partial charge on any atom is -0.355 e. The van der Waals surface area contributed by atoms with Gasteiger partial charge in [-0.2, -0.15) is 0 Å². The molecule has 6 nitrogen and oxygen atoms in total. The van der Waals surface area contributed by atoms with Gasteiger partial charge in [-0.1, -0.05) is 25.5 Å². The number of aryl methyl sites for hydroxylation is 1. The summed E-state index contributed by atoms with van der Waals surface area (Å²) in [6.45, 7) is 6.06. The van der Waals surface area contributed by atoms with E-state index in [0.29, 0.717) is 5.56 Å². The monoisotopic (exact) mass is 475 g/mol. The lowest BCUT2D eigenvalue weighted by molar-refractivity contribution is 0.102. The minimum atomic E-state index is -0.161. The maximum absolute atomic E-state index is 12.7. The van der Waals surface area contributed by atoms with E-state index in [1.807, 2.05) is 86.6 Å². The van der Waals surface area contributed by atoms with Gasteiger partial charge in [-0.3, -0.25) is 14.8 Å². The van der Waals surface area contributed by atoms with Crippen LogP contribution >= 0.6 is 0 Å². The van der Waals surface area contributed by atoms with Crippen molar-refractivity contribution in [2.24, 2.45) is 0 Å². The van der Waals surface area contributed by atoms with E-state index in [9.17, 15) is 4.79 Å². The molecule has 0 saturated carbocycles. The highest BCUT2D eigenvalue weighted by Gasteiger charge is 2.08. The molecule has 0 aliphatic heterocycles. The molecular weight excluding hydrogens is 446 g/mol. The van der Waals surface area contributed by atoms with E-state index in [-0.39, 0.29) is 5.91 Å². The van der Waals surface area contributed by atoms with E-state index in [1.54, 1.807) is 18.6 Å². The fraction of sp³-hybridized carbons (Fsp3) is 0.100. The molecule has 0 atom stereocenters. The third kappa shape index (κ3) is 6.04. The first-order valence-electron chi connectivity index (χ1n) is 11.9. The molecule has 0 spiro atoms. The lowest BCUT2D eigenvalue weighted by atomic mass is 10.1. The first kappa shape index (κ1) is 24.4. The van der Waals surface area contributed by atoms with E-state index >= 15 is 0 Å². The lowest BCUT2D eigenvalue weighted by Gasteiger charge is -2.11. The number of hydrogen-bond acceptors (Lipinski definition) is 5. The number of fused-ring (bicyclic) bond motifs is 1. The number of carbonyl (C=O) groups is 1. The Morgan fingerprint density at radius 3 is 2.00 bits per heavy atom. The molecular formula is C30H29N5O. The van der Waals surface area contributed by atoms with Crippen LogP contribution in [0.15, 0.2) is 104 Å². The summed E-state index contributed by atoms with van der Waals surface area (Å²) in [6.07, 6.45) is 5.26. The molecule has 2 aromatic heterocycles. The van der Waals surface area contributed by atoms with Gasteiger partial charge in [0.1, 0.15) is 0 Å². The number of nitrogens with zero attached hydrogens (tertiary/aromatic N) is 2. The van der Waals surface area contributed by atoms with Crippen LogP contribution < -0.4 is 16.0 Å². The molecule has 36 heavy (non-hydrogen) atoms. The van der Waals surface area contributed by atoms with Crippen LogP contribution in [0.5, 0.6) is 0 Å². The molecule has 5 rings (SSSR count). The molecule has 180 valence electrons. The summed E-state index contributed by atoms with van der Waals surface area (Å²) in [5, 5.41) is 10.7. The fourth-order valence-electron chi connectivity index (χ4n) is 3.67. The SMILES string of the molecule is CC.Cc1ccc2nccc(Nc3ccc(C(=O)Nc4ccc(Nc5ccncc5)cc4)cc3)c2c1. The van der Waals surface area contributed by atoms with Crippen LogP contribution in [-0.4, -0.2) is 15.9 Å². The summed E-state index contributed by atoms with van der Waals surface area (Å²) in [6, 6.07) is 26.9. The molecule has 0 aliphatic carbocycles. The number of benzene rings is 3. The van der Waals surface area contributed by atoms with Crippen LogP contribution in [0.4, 0.5) is 28.4 Å². The Kier molecular flexibility index (Phi) is 7.88. The molecule has 0 fully saturated rings. The van der Waals surface area contributed by atoms with Crippen LogP contribution in [0.2, 0.25) is 0 Å². The Morgan fingerprint density at radius 1 is 0.667 bits per heavy atom. The van der Waals surface area contributed by atoms with Crippen molar-refractivity contribution in [2.45, 2.75) is 20.8 Å². The predicted octanol–water partition coefficient (Wildman–Crippen LogP) is 7.70. The fourth-order valence-corrected chi connectivity index (χ4v) is 3.67. The third-order valence-electron chi connectivity index (χ3n) is 5.43. The summed E-state index contributed by atoms with van der Waals surface area (Å²) >= 11 is 0. The van der Waals surface area contributed by atoms with Crippen LogP contribution in [0.25, 0.3) is 10.9 Å². The number of hydrogen-bond donors (Lipinski definition) is 3. The Bertz CT molecular complexity index is 1430. The van der Waals surface area contributed by atoms with Crippen molar-refractivity contribution in [2.75, 3.05) is 16.0 Å². The van der Waals surface area contributed by atoms with Crippen molar-refractivity contribution in [1.82, 2.24) is 9.97 Å². The zero-order valence-electron chi connectivity index (χ0n) is 20.6. The second-order valence-corrected chi connectivity index (χ2v) is 7.97. The number of anilines is 5. The van der Waals surface area contributed by atoms with Crippen molar-refractivity contribution in [3.8, 4) is 0 Å². The zero-order valence-corrected chi connectivity index (χ0v) is 20.6. The summed E-state index contributed by atoms with van der Waals surface area (Å²) < 4.78 is 0. The third-order valence-corrected chi connectivity index (χ3v) is 5.43. The van der Waals surface area contributed by atoms with Gasteiger partial charge in [0.15, 0.2) is 0 Å². The normalized spacial score (nSPS) is 10.2. The highest BCUT2D eigenvalue weighted by Crippen LogP contribution is 2.26. The summed E-state index contributed by atoms with van der Waals surface area (Å²) in [5.41, 5.74) is 7.19. The predicted molar refractivity (Wildman–Crippen MR) is 149 cm³/mol. The van der Waals surface area contributed by atoms with Crippen LogP contribution in [-0.2, 0) is 0 Å². The van der Waals surface area contributed by atoms with Crippen molar-refractivity contribution in [1.29, 1.82) is 0 Å². The number of amides is 1. The molecule has 0 unspecified atom stereocenters. The number of pyridine rings is 2. The molecule has 3 N–H and O–H groups in total. The van der Waals surface area contributed by atoms with Gasteiger partial charge in [0.25, 0.3) is 5.91 Å². The first-order valence-corrected chi connectivity index (χ1v) is 11.9. The van der Waals surface area contributed by atoms with Gasteiger partial charge >= 0.3 is 0 Å². The first-order chi connectivity index (χ1) is 17.6. The van der Waals surface area contributed by atoms with Crippen LogP contribution in [0.3, 0.4) is 0 Å². The number of rotatable bonds is 6. The largest absolute Gasteiger partial charge is 0.355 e. The smallest absolute Gasteiger partial charge is 0.255 e. The lowest BCUT2D eigenvalue weighted by Crippen LogP contribution is -2.11.